The van der Waals surface area contributed by atoms with Crippen LogP contribution in [0.5, 0.6) is 0 Å². The molecule has 17 heavy (non-hydrogen) atoms. The molecule has 1 aromatic heterocycles. The number of carbonyl (C=O) groups is 1. The third-order valence-corrected chi connectivity index (χ3v) is 3.57. The van der Waals surface area contributed by atoms with Crippen LogP contribution in [0, 0.1) is 6.92 Å². The number of H-pyrrole nitrogens is 1. The highest BCUT2D eigenvalue weighted by Crippen LogP contribution is 2.24. The van der Waals surface area contributed by atoms with E-state index in [-0.39, 0.29) is 11.3 Å². The topological polar surface area (TPSA) is 59.2 Å². The van der Waals surface area contributed by atoms with Gasteiger partial charge in [0, 0.05) is 4.47 Å². The molecule has 0 saturated carbocycles. The molecule has 0 aliphatic rings. The molecule has 1 N–H and O–H groups in total. The molecule has 0 fully saturated rings. The van der Waals surface area contributed by atoms with Gasteiger partial charge >= 0.3 is 5.97 Å². The van der Waals surface area contributed by atoms with E-state index >= 15 is 0 Å². The van der Waals surface area contributed by atoms with E-state index in [0.717, 1.165) is 10.0 Å². The number of hydrogen-bond donors (Lipinski definition) is 1. The number of pyridine rings is 1. The summed E-state index contributed by atoms with van der Waals surface area (Å²) in [5.74, 6) is -0.555. The van der Waals surface area contributed by atoms with Crippen LogP contribution in [0.2, 0.25) is 0 Å². The number of hydrogen-bond acceptors (Lipinski definition) is 3. The van der Waals surface area contributed by atoms with Crippen LogP contribution in [-0.4, -0.2) is 18.1 Å². The summed E-state index contributed by atoms with van der Waals surface area (Å²) in [6.07, 6.45) is 0. The molecule has 1 aromatic carbocycles. The number of esters is 1. The van der Waals surface area contributed by atoms with Crippen molar-refractivity contribution in [3.8, 4) is 0 Å². The fraction of sp³-hybridized carbons (Fsp3) is 0.167. The van der Waals surface area contributed by atoms with E-state index in [0.29, 0.717) is 10.8 Å². The van der Waals surface area contributed by atoms with Gasteiger partial charge in [0.2, 0.25) is 0 Å². The van der Waals surface area contributed by atoms with Gasteiger partial charge in [-0.25, -0.2) is 4.79 Å². The Kier molecular flexibility index (Phi) is 3.02. The largest absolute Gasteiger partial charge is 0.464 e. The van der Waals surface area contributed by atoms with Crippen molar-refractivity contribution in [1.82, 2.24) is 4.98 Å². The number of fused-ring (bicyclic) bond motifs is 1. The van der Waals surface area contributed by atoms with Crippen LogP contribution in [0.3, 0.4) is 0 Å². The van der Waals surface area contributed by atoms with Crippen LogP contribution < -0.4 is 5.56 Å². The van der Waals surface area contributed by atoms with Crippen molar-refractivity contribution < 1.29 is 9.53 Å². The third kappa shape index (κ3) is 1.98. The van der Waals surface area contributed by atoms with Crippen molar-refractivity contribution >= 4 is 32.7 Å². The van der Waals surface area contributed by atoms with Gasteiger partial charge in [-0.3, -0.25) is 4.79 Å². The molecular weight excluding hydrogens is 286 g/mol. The number of nitrogens with one attached hydrogen (secondary N) is 1. The van der Waals surface area contributed by atoms with Gasteiger partial charge in [0.15, 0.2) is 0 Å². The van der Waals surface area contributed by atoms with Gasteiger partial charge in [-0.1, -0.05) is 12.1 Å². The second-order valence-electron chi connectivity index (χ2n) is 3.66. The Morgan fingerprint density at radius 1 is 1.41 bits per heavy atom. The molecule has 0 radical (unpaired) electrons. The van der Waals surface area contributed by atoms with Gasteiger partial charge in [-0.05, 0) is 39.9 Å². The number of aromatic nitrogens is 1. The van der Waals surface area contributed by atoms with Crippen LogP contribution in [0.1, 0.15) is 16.1 Å². The fourth-order valence-electron chi connectivity index (χ4n) is 1.64. The van der Waals surface area contributed by atoms with E-state index in [1.807, 2.05) is 13.0 Å². The number of halogens is 1. The maximum absolute atomic E-state index is 11.9. The molecule has 88 valence electrons. The molecular formula is C12H10BrNO3. The average molecular weight is 296 g/mol. The molecule has 0 atom stereocenters. The maximum Gasteiger partial charge on any atom is 0.354 e. The summed E-state index contributed by atoms with van der Waals surface area (Å²) in [6, 6.07) is 5.29. The zero-order valence-corrected chi connectivity index (χ0v) is 10.9. The van der Waals surface area contributed by atoms with E-state index in [1.54, 1.807) is 12.1 Å². The first-order valence-corrected chi connectivity index (χ1v) is 5.74. The molecule has 0 unspecified atom stereocenters. The van der Waals surface area contributed by atoms with Gasteiger partial charge in [0.05, 0.1) is 12.5 Å². The number of carbonyl (C=O) groups excluding carboxylic acids is 1. The Morgan fingerprint density at radius 2 is 2.12 bits per heavy atom. The van der Waals surface area contributed by atoms with Crippen molar-refractivity contribution in [2.75, 3.05) is 7.11 Å². The van der Waals surface area contributed by atoms with Crippen molar-refractivity contribution in [3.05, 3.63) is 44.3 Å². The minimum Gasteiger partial charge on any atom is -0.464 e. The van der Waals surface area contributed by atoms with Crippen molar-refractivity contribution in [2.24, 2.45) is 0 Å². The number of aromatic amines is 1. The average Bonchev–Trinajstić information content (AvgIpc) is 2.32. The van der Waals surface area contributed by atoms with Gasteiger partial charge < -0.3 is 9.72 Å². The Bertz CT molecular complexity index is 661. The summed E-state index contributed by atoms with van der Waals surface area (Å²) in [6.45, 7) is 1.90. The maximum atomic E-state index is 11.9. The molecule has 0 aliphatic carbocycles. The van der Waals surface area contributed by atoms with E-state index < -0.39 is 5.97 Å². The molecule has 0 amide bonds. The van der Waals surface area contributed by atoms with Crippen LogP contribution in [-0.2, 0) is 4.74 Å². The lowest BCUT2D eigenvalue weighted by Crippen LogP contribution is -2.14. The highest BCUT2D eigenvalue weighted by Gasteiger charge is 2.12. The van der Waals surface area contributed by atoms with Gasteiger partial charge in [0.1, 0.15) is 5.69 Å². The molecule has 1 heterocycles. The molecule has 0 spiro atoms. The second-order valence-corrected chi connectivity index (χ2v) is 4.46. The smallest absolute Gasteiger partial charge is 0.354 e. The molecule has 4 nitrogen and oxygen atoms in total. The molecule has 2 rings (SSSR count). The summed E-state index contributed by atoms with van der Waals surface area (Å²) >= 11 is 3.37. The Hall–Kier alpha value is -1.62. The Morgan fingerprint density at radius 3 is 2.76 bits per heavy atom. The molecule has 0 aliphatic heterocycles. The van der Waals surface area contributed by atoms with Crippen molar-refractivity contribution in [2.45, 2.75) is 6.92 Å². The summed E-state index contributed by atoms with van der Waals surface area (Å²) in [7, 11) is 1.27. The third-order valence-electron chi connectivity index (χ3n) is 2.55. The van der Waals surface area contributed by atoms with E-state index in [2.05, 4.69) is 25.7 Å². The number of rotatable bonds is 1. The minimum atomic E-state index is -0.555. The summed E-state index contributed by atoms with van der Waals surface area (Å²) in [5, 5.41) is 1.24. The normalized spacial score (nSPS) is 10.5. The number of ether oxygens (including phenoxy) is 1. The van der Waals surface area contributed by atoms with Gasteiger partial charge in [0.25, 0.3) is 5.56 Å². The lowest BCUT2D eigenvalue weighted by Gasteiger charge is -2.05. The Balaban J connectivity index is 2.82. The lowest BCUT2D eigenvalue weighted by molar-refractivity contribution is 0.0594. The van der Waals surface area contributed by atoms with Crippen LogP contribution in [0.25, 0.3) is 10.8 Å². The predicted molar refractivity (Wildman–Crippen MR) is 68.3 cm³/mol. The number of aryl methyl sites for hydroxylation is 1. The molecule has 0 bridgehead atoms. The van der Waals surface area contributed by atoms with Crippen LogP contribution >= 0.6 is 15.9 Å². The standard InChI is InChI=1S/C12H10BrNO3/c1-6-3-4-7-5-8(12(16)17-2)14-11(15)9(7)10(6)13/h3-5H,1-2H3,(H,14,15). The Labute approximate surface area is 106 Å². The SMILES string of the molecule is COC(=O)c1cc2ccc(C)c(Br)c2c(=O)[nH]1. The van der Waals surface area contributed by atoms with E-state index in [9.17, 15) is 9.59 Å². The highest BCUT2D eigenvalue weighted by molar-refractivity contribution is 9.10. The first-order valence-electron chi connectivity index (χ1n) is 4.95. The fourth-order valence-corrected chi connectivity index (χ4v) is 2.18. The van der Waals surface area contributed by atoms with E-state index in [1.165, 1.54) is 7.11 Å². The monoisotopic (exact) mass is 295 g/mol. The minimum absolute atomic E-state index is 0.153. The van der Waals surface area contributed by atoms with Gasteiger partial charge in [-0.2, -0.15) is 0 Å². The zero-order valence-electron chi connectivity index (χ0n) is 9.33. The van der Waals surface area contributed by atoms with Crippen LogP contribution in [0.15, 0.2) is 27.5 Å². The van der Waals surface area contributed by atoms with Crippen molar-refractivity contribution in [1.29, 1.82) is 0 Å². The number of benzene rings is 1. The van der Waals surface area contributed by atoms with Crippen molar-refractivity contribution in [3.63, 3.8) is 0 Å². The summed E-state index contributed by atoms with van der Waals surface area (Å²) in [4.78, 5) is 25.8. The van der Waals surface area contributed by atoms with E-state index in [4.69, 9.17) is 0 Å². The molecule has 0 saturated heterocycles. The first-order chi connectivity index (χ1) is 8.04. The predicted octanol–water partition coefficient (Wildman–Crippen LogP) is 2.39. The quantitative estimate of drug-likeness (QED) is 0.822. The van der Waals surface area contributed by atoms with Crippen LogP contribution in [0.4, 0.5) is 0 Å². The highest BCUT2D eigenvalue weighted by atomic mass is 79.9. The first kappa shape index (κ1) is 11.9. The molecule has 2 aromatic rings. The summed E-state index contributed by atoms with van der Waals surface area (Å²) in [5.41, 5.74) is 0.813. The zero-order chi connectivity index (χ0) is 12.6. The van der Waals surface area contributed by atoms with Gasteiger partial charge in [-0.15, -0.1) is 0 Å². The number of methoxy groups -OCH3 is 1. The lowest BCUT2D eigenvalue weighted by atomic mass is 10.1. The summed E-state index contributed by atoms with van der Waals surface area (Å²) < 4.78 is 5.32. The second kappa shape index (κ2) is 4.33. The molecule has 5 heteroatoms.